The number of benzene rings is 1. The van der Waals surface area contributed by atoms with Gasteiger partial charge in [-0.15, -0.1) is 0 Å². The Hall–Kier alpha value is -3.68. The number of halogens is 9. The molecule has 1 amide bonds. The molecule has 0 spiro atoms. The van der Waals surface area contributed by atoms with Crippen LogP contribution >= 0.6 is 10.2 Å². The number of alkyl halides is 4. The lowest BCUT2D eigenvalue weighted by atomic mass is 9.92. The van der Waals surface area contributed by atoms with E-state index in [9.17, 15) is 46.6 Å². The summed E-state index contributed by atoms with van der Waals surface area (Å²) in [7, 11) is -8.41. The zero-order chi connectivity index (χ0) is 32.3. The standard InChI is InChI=1S/C20H22F7N3OS.C6H6F2N2O/c1-30(16-4-6-17(7-5-16)32(23,24,25,26)27)18(14-3-2-12-28-13-14)19(31)29-15-8-10-20(21,22)11-9-15;7-6(8)1-5(2-11)10(3-6)4-9/h2-7,12-13,15,18H,8-11H2,1H3,(H,29,31);2,5H,1,3H2. The van der Waals surface area contributed by atoms with Crippen molar-refractivity contribution in [3.8, 4) is 6.19 Å². The number of hydrogen-bond donors (Lipinski definition) is 1. The van der Waals surface area contributed by atoms with E-state index < -0.39 is 64.0 Å². The summed E-state index contributed by atoms with van der Waals surface area (Å²) in [6.07, 6.45) is 3.68. The van der Waals surface area contributed by atoms with Gasteiger partial charge in [0.1, 0.15) is 23.3 Å². The Bertz CT molecular complexity index is 1330. The number of carbonyl (C=O) groups excluding carboxylic acids is 2. The number of nitrogens with zero attached hydrogens (tertiary/aromatic N) is 4. The highest BCUT2D eigenvalue weighted by Crippen LogP contribution is 3.02. The molecule has 238 valence electrons. The Morgan fingerprint density at radius 2 is 1.70 bits per heavy atom. The third-order valence-corrected chi connectivity index (χ3v) is 8.15. The smallest absolute Gasteiger partial charge is 0.310 e. The summed E-state index contributed by atoms with van der Waals surface area (Å²) >= 11 is 0. The molecule has 2 aromatic rings. The summed E-state index contributed by atoms with van der Waals surface area (Å²) in [5.41, 5.74) is 0.472. The molecule has 17 heteroatoms. The summed E-state index contributed by atoms with van der Waals surface area (Å²) in [6, 6.07) is 2.89. The number of aldehydes is 1. The van der Waals surface area contributed by atoms with Crippen molar-refractivity contribution in [2.75, 3.05) is 18.5 Å². The molecule has 1 aliphatic heterocycles. The molecule has 2 aliphatic rings. The monoisotopic (exact) mass is 645 g/mol. The molecule has 43 heavy (non-hydrogen) atoms. The molecule has 2 unspecified atom stereocenters. The maximum atomic E-state index is 13.4. The van der Waals surface area contributed by atoms with Gasteiger partial charge in [-0.1, -0.05) is 25.5 Å². The number of likely N-dealkylation sites (N-methyl/N-ethyl adjacent to an activating group) is 1. The number of carbonyl (C=O) groups is 2. The molecule has 1 aliphatic carbocycles. The highest BCUT2D eigenvalue weighted by atomic mass is 32.5. The van der Waals surface area contributed by atoms with Crippen LogP contribution in [-0.4, -0.2) is 59.6 Å². The van der Waals surface area contributed by atoms with Crippen molar-refractivity contribution < 1.29 is 46.6 Å². The number of pyridine rings is 1. The molecule has 0 bridgehead atoms. The maximum absolute atomic E-state index is 13.4. The number of hydrogen-bond acceptors (Lipinski definition) is 6. The van der Waals surface area contributed by atoms with Crippen LogP contribution in [0.2, 0.25) is 0 Å². The highest BCUT2D eigenvalue weighted by molar-refractivity contribution is 8.45. The Morgan fingerprint density at radius 1 is 1.09 bits per heavy atom. The lowest BCUT2D eigenvalue weighted by Gasteiger charge is -2.40. The van der Waals surface area contributed by atoms with Crippen LogP contribution < -0.4 is 10.2 Å². The molecule has 2 fully saturated rings. The lowest BCUT2D eigenvalue weighted by molar-refractivity contribution is -0.124. The SMILES string of the molecule is CN(c1ccc(S(F)(F)(F)(F)F)cc1)C(C(=O)NC1CCC(F)(F)CC1)c1cccnc1.N#CN1CC(F)(F)CC1C=O. The van der Waals surface area contributed by atoms with E-state index in [4.69, 9.17) is 5.26 Å². The number of amides is 1. The molecule has 1 saturated heterocycles. The van der Waals surface area contributed by atoms with Crippen molar-refractivity contribution in [3.05, 3.63) is 54.4 Å². The van der Waals surface area contributed by atoms with Crippen molar-refractivity contribution in [2.45, 2.75) is 67.0 Å². The van der Waals surface area contributed by atoms with Crippen LogP contribution in [0.15, 0.2) is 53.7 Å². The average Bonchev–Trinajstić information content (AvgIpc) is 3.23. The predicted octanol–water partition coefficient (Wildman–Crippen LogP) is 6.99. The first kappa shape index (κ1) is 33.8. The largest absolute Gasteiger partial charge is 0.359 e. The van der Waals surface area contributed by atoms with Gasteiger partial charge in [0.25, 0.3) is 5.92 Å². The number of nitriles is 1. The van der Waals surface area contributed by atoms with Gasteiger partial charge in [0.05, 0.1) is 6.54 Å². The molecule has 4 rings (SSSR count). The van der Waals surface area contributed by atoms with E-state index in [0.29, 0.717) is 11.8 Å². The van der Waals surface area contributed by atoms with E-state index in [2.05, 4.69) is 10.3 Å². The van der Waals surface area contributed by atoms with Gasteiger partial charge >= 0.3 is 10.2 Å². The van der Waals surface area contributed by atoms with Crippen LogP contribution in [0.4, 0.5) is 42.7 Å². The second-order valence-corrected chi connectivity index (χ2v) is 12.8. The summed E-state index contributed by atoms with van der Waals surface area (Å²) in [6.45, 7) is -0.632. The minimum absolute atomic E-state index is 0.0785. The highest BCUT2D eigenvalue weighted by Gasteiger charge is 2.65. The normalized spacial score (nSPS) is 22.1. The third kappa shape index (κ3) is 9.15. The number of aromatic nitrogens is 1. The molecule has 2 atom stereocenters. The van der Waals surface area contributed by atoms with Gasteiger partial charge in [-0.2, -0.15) is 5.26 Å². The fourth-order valence-corrected chi connectivity index (χ4v) is 5.37. The molecule has 0 radical (unpaired) electrons. The molecule has 1 aromatic heterocycles. The summed E-state index contributed by atoms with van der Waals surface area (Å²) in [5, 5.41) is 11.0. The van der Waals surface area contributed by atoms with E-state index in [1.54, 1.807) is 18.3 Å². The molecule has 7 nitrogen and oxygen atoms in total. The van der Waals surface area contributed by atoms with Gasteiger partial charge in [-0.25, -0.2) is 17.6 Å². The minimum Gasteiger partial charge on any atom is -0.359 e. The fraction of sp³-hybridized carbons (Fsp3) is 0.462. The second kappa shape index (κ2) is 11.4. The van der Waals surface area contributed by atoms with Gasteiger partial charge < -0.3 is 15.0 Å². The quantitative estimate of drug-likeness (QED) is 0.199. The first-order valence-corrected chi connectivity index (χ1v) is 14.7. The third-order valence-electron chi connectivity index (χ3n) is 6.98. The zero-order valence-corrected chi connectivity index (χ0v) is 23.4. The molecule has 1 N–H and O–H groups in total. The van der Waals surface area contributed by atoms with Crippen LogP contribution in [-0.2, 0) is 9.59 Å². The first-order valence-electron chi connectivity index (χ1n) is 12.8. The number of likely N-dealkylation sites (tertiary alicyclic amines) is 1. The van der Waals surface area contributed by atoms with Crippen molar-refractivity contribution >= 4 is 28.1 Å². The van der Waals surface area contributed by atoms with Crippen LogP contribution in [0.3, 0.4) is 0 Å². The number of rotatable bonds is 7. The summed E-state index contributed by atoms with van der Waals surface area (Å²) in [5.74, 6) is -6.22. The predicted molar refractivity (Wildman–Crippen MR) is 140 cm³/mol. The molecule has 2 heterocycles. The van der Waals surface area contributed by atoms with Crippen molar-refractivity contribution in [3.63, 3.8) is 0 Å². The van der Waals surface area contributed by atoms with E-state index in [1.807, 2.05) is 0 Å². The van der Waals surface area contributed by atoms with E-state index in [0.717, 1.165) is 17.0 Å². The van der Waals surface area contributed by atoms with Gasteiger partial charge in [-0.3, -0.25) is 14.7 Å². The molecule has 1 saturated carbocycles. The van der Waals surface area contributed by atoms with Crippen LogP contribution in [0, 0.1) is 11.5 Å². The van der Waals surface area contributed by atoms with Crippen molar-refractivity contribution in [1.82, 2.24) is 15.2 Å². The van der Waals surface area contributed by atoms with Gasteiger partial charge in [0, 0.05) is 56.0 Å². The van der Waals surface area contributed by atoms with Crippen LogP contribution in [0.25, 0.3) is 0 Å². The molecule has 1 aromatic carbocycles. The van der Waals surface area contributed by atoms with E-state index in [1.165, 1.54) is 24.3 Å². The number of nitrogens with one attached hydrogen (secondary N) is 1. The molecular formula is C26H28F9N5O2S. The fourth-order valence-electron chi connectivity index (χ4n) is 4.72. The maximum Gasteiger partial charge on any atom is 0.310 e. The number of anilines is 1. The van der Waals surface area contributed by atoms with Crippen LogP contribution in [0.5, 0.6) is 0 Å². The summed E-state index contributed by atoms with van der Waals surface area (Å²) < 4.78 is 117. The van der Waals surface area contributed by atoms with Crippen molar-refractivity contribution in [2.24, 2.45) is 0 Å². The Balaban J connectivity index is 0.000000386. The van der Waals surface area contributed by atoms with Crippen LogP contribution in [0.1, 0.15) is 43.7 Å². The Labute approximate surface area is 241 Å². The van der Waals surface area contributed by atoms with Gasteiger partial charge in [0.2, 0.25) is 11.8 Å². The van der Waals surface area contributed by atoms with E-state index >= 15 is 0 Å². The summed E-state index contributed by atoms with van der Waals surface area (Å²) in [4.78, 5) is 27.2. The lowest BCUT2D eigenvalue weighted by Crippen LogP contribution is -2.46. The first-order chi connectivity index (χ1) is 19.6. The average molecular weight is 646 g/mol. The van der Waals surface area contributed by atoms with Gasteiger partial charge in [0.15, 0.2) is 6.19 Å². The topological polar surface area (TPSA) is 89.3 Å². The van der Waals surface area contributed by atoms with E-state index in [-0.39, 0.29) is 43.5 Å². The van der Waals surface area contributed by atoms with Gasteiger partial charge in [-0.05, 0) is 43.2 Å². The molecular weight excluding hydrogens is 617 g/mol. The minimum atomic E-state index is -9.83. The Morgan fingerprint density at radius 3 is 2.16 bits per heavy atom. The Kier molecular flexibility index (Phi) is 8.99. The van der Waals surface area contributed by atoms with Crippen molar-refractivity contribution in [1.29, 1.82) is 5.26 Å². The second-order valence-electron chi connectivity index (χ2n) is 10.4. The zero-order valence-electron chi connectivity index (χ0n) is 22.6.